The summed E-state index contributed by atoms with van der Waals surface area (Å²) in [6.45, 7) is 2.87. The van der Waals surface area contributed by atoms with Gasteiger partial charge < -0.3 is 0 Å². The molecule has 0 amide bonds. The van der Waals surface area contributed by atoms with E-state index in [-0.39, 0.29) is 6.04 Å². The molecule has 0 fully saturated rings. The number of nitrogens with zero attached hydrogens (tertiary/aromatic N) is 1. The van der Waals surface area contributed by atoms with Crippen LogP contribution in [-0.2, 0) is 6.54 Å². The molecular weight excluding hydrogens is 204 g/mol. The van der Waals surface area contributed by atoms with E-state index >= 15 is 0 Å². The summed E-state index contributed by atoms with van der Waals surface area (Å²) in [5, 5.41) is 12.0. The smallest absolute Gasteiger partial charge is 0.110 e. The van der Waals surface area contributed by atoms with Crippen molar-refractivity contribution in [3.05, 3.63) is 21.9 Å². The second-order valence-electron chi connectivity index (χ2n) is 3.27. The van der Waals surface area contributed by atoms with Gasteiger partial charge in [-0.1, -0.05) is 19.3 Å². The highest BCUT2D eigenvalue weighted by molar-refractivity contribution is 7.12. The van der Waals surface area contributed by atoms with Gasteiger partial charge in [0.05, 0.1) is 6.04 Å². The summed E-state index contributed by atoms with van der Waals surface area (Å²) < 4.78 is 0. The van der Waals surface area contributed by atoms with Crippen molar-refractivity contribution in [1.82, 2.24) is 5.32 Å². The largest absolute Gasteiger partial charge is 0.299 e. The maximum atomic E-state index is 8.67. The highest BCUT2D eigenvalue weighted by Gasteiger charge is 2.04. The molecule has 0 aliphatic rings. The van der Waals surface area contributed by atoms with Gasteiger partial charge >= 0.3 is 0 Å². The molecule has 1 aromatic rings. The molecule has 3 heteroatoms. The zero-order valence-electron chi connectivity index (χ0n) is 8.79. The van der Waals surface area contributed by atoms with Gasteiger partial charge in [0, 0.05) is 11.4 Å². The monoisotopic (exact) mass is 218 g/mol. The molecule has 0 saturated carbocycles. The number of rotatable bonds is 5. The summed E-state index contributed by atoms with van der Waals surface area (Å²) in [4.78, 5) is 1.91. The van der Waals surface area contributed by atoms with Crippen LogP contribution < -0.4 is 5.32 Å². The molecule has 1 N–H and O–H groups in total. The Hall–Kier alpha value is -1.29. The molecule has 0 aliphatic carbocycles. The van der Waals surface area contributed by atoms with Gasteiger partial charge in [0.15, 0.2) is 0 Å². The second kappa shape index (κ2) is 6.24. The topological polar surface area (TPSA) is 35.8 Å². The molecule has 0 bridgehead atoms. The van der Waals surface area contributed by atoms with Crippen molar-refractivity contribution in [1.29, 1.82) is 5.26 Å². The standard InChI is InChI=1S/C12H14N2S/c1-3-5-10(4-2)14-9-12-7-6-11(8-13)15-12/h2,6-7,10,14H,3,5,9H2,1H3. The van der Waals surface area contributed by atoms with Crippen molar-refractivity contribution < 1.29 is 0 Å². The Morgan fingerprint density at radius 3 is 2.93 bits per heavy atom. The van der Waals surface area contributed by atoms with Crippen LogP contribution in [0.3, 0.4) is 0 Å². The lowest BCUT2D eigenvalue weighted by Crippen LogP contribution is -2.26. The summed E-state index contributed by atoms with van der Waals surface area (Å²) in [7, 11) is 0. The van der Waals surface area contributed by atoms with E-state index in [0.717, 1.165) is 29.1 Å². The number of thiophene rings is 1. The van der Waals surface area contributed by atoms with Crippen molar-refractivity contribution in [2.45, 2.75) is 32.4 Å². The molecule has 0 saturated heterocycles. The predicted octanol–water partition coefficient (Wildman–Crippen LogP) is 2.51. The van der Waals surface area contributed by atoms with Crippen molar-refractivity contribution in [3.63, 3.8) is 0 Å². The van der Waals surface area contributed by atoms with Gasteiger partial charge in [0.25, 0.3) is 0 Å². The molecular formula is C12H14N2S. The molecule has 1 unspecified atom stereocenters. The minimum atomic E-state index is 0.141. The summed E-state index contributed by atoms with van der Waals surface area (Å²) in [5.41, 5.74) is 0. The first kappa shape index (κ1) is 11.8. The van der Waals surface area contributed by atoms with Crippen LogP contribution in [0.25, 0.3) is 0 Å². The van der Waals surface area contributed by atoms with Crippen LogP contribution in [0.4, 0.5) is 0 Å². The van der Waals surface area contributed by atoms with E-state index in [9.17, 15) is 0 Å². The van der Waals surface area contributed by atoms with Crippen LogP contribution >= 0.6 is 11.3 Å². The van der Waals surface area contributed by atoms with E-state index < -0.39 is 0 Å². The van der Waals surface area contributed by atoms with Gasteiger partial charge in [-0.2, -0.15) is 5.26 Å². The second-order valence-corrected chi connectivity index (χ2v) is 4.43. The number of hydrogen-bond acceptors (Lipinski definition) is 3. The number of hydrogen-bond donors (Lipinski definition) is 1. The maximum absolute atomic E-state index is 8.67. The average molecular weight is 218 g/mol. The van der Waals surface area contributed by atoms with Crippen LogP contribution in [0.1, 0.15) is 29.5 Å². The lowest BCUT2D eigenvalue weighted by molar-refractivity contribution is 0.566. The molecule has 2 nitrogen and oxygen atoms in total. The SMILES string of the molecule is C#CC(CCC)NCc1ccc(C#N)s1. The Balaban J connectivity index is 2.43. The fourth-order valence-corrected chi connectivity index (χ4v) is 2.05. The van der Waals surface area contributed by atoms with Crippen LogP contribution in [0.5, 0.6) is 0 Å². The van der Waals surface area contributed by atoms with Crippen LogP contribution in [-0.4, -0.2) is 6.04 Å². The van der Waals surface area contributed by atoms with Crippen molar-refractivity contribution in [3.8, 4) is 18.4 Å². The molecule has 1 heterocycles. The fraction of sp³-hybridized carbons (Fsp3) is 0.417. The zero-order chi connectivity index (χ0) is 11.1. The van der Waals surface area contributed by atoms with Gasteiger partial charge in [-0.25, -0.2) is 0 Å². The molecule has 0 aromatic carbocycles. The minimum Gasteiger partial charge on any atom is -0.299 e. The van der Waals surface area contributed by atoms with E-state index in [1.807, 2.05) is 12.1 Å². The van der Waals surface area contributed by atoms with Crippen molar-refractivity contribution >= 4 is 11.3 Å². The summed E-state index contributed by atoms with van der Waals surface area (Å²) >= 11 is 1.51. The van der Waals surface area contributed by atoms with Gasteiger partial charge in [-0.05, 0) is 18.6 Å². The third-order valence-corrected chi connectivity index (χ3v) is 3.06. The normalized spacial score (nSPS) is 11.7. The maximum Gasteiger partial charge on any atom is 0.110 e. The van der Waals surface area contributed by atoms with Crippen molar-refractivity contribution in [2.24, 2.45) is 0 Å². The van der Waals surface area contributed by atoms with Crippen molar-refractivity contribution in [2.75, 3.05) is 0 Å². The Bertz CT molecular complexity index is 381. The van der Waals surface area contributed by atoms with Crippen LogP contribution in [0.15, 0.2) is 12.1 Å². The predicted molar refractivity (Wildman–Crippen MR) is 63.4 cm³/mol. The Kier molecular flexibility index (Phi) is 4.90. The molecule has 78 valence electrons. The molecule has 1 rings (SSSR count). The highest BCUT2D eigenvalue weighted by Crippen LogP contribution is 2.15. The number of nitrogens with one attached hydrogen (secondary N) is 1. The molecule has 0 radical (unpaired) electrons. The Labute approximate surface area is 94.9 Å². The molecule has 1 aromatic heterocycles. The van der Waals surface area contributed by atoms with Gasteiger partial charge in [0.1, 0.15) is 10.9 Å². The lowest BCUT2D eigenvalue weighted by atomic mass is 10.2. The number of nitriles is 1. The molecule has 0 aliphatic heterocycles. The van der Waals surface area contributed by atoms with E-state index in [4.69, 9.17) is 11.7 Å². The quantitative estimate of drug-likeness (QED) is 0.771. The molecule has 0 spiro atoms. The fourth-order valence-electron chi connectivity index (χ4n) is 1.29. The van der Waals surface area contributed by atoms with Crippen LogP contribution in [0, 0.1) is 23.7 Å². The van der Waals surface area contributed by atoms with E-state index in [2.05, 4.69) is 24.2 Å². The first-order valence-corrected chi connectivity index (χ1v) is 5.80. The van der Waals surface area contributed by atoms with E-state index in [1.54, 1.807) is 0 Å². The first-order valence-electron chi connectivity index (χ1n) is 4.98. The summed E-state index contributed by atoms with van der Waals surface area (Å²) in [6.07, 6.45) is 7.47. The minimum absolute atomic E-state index is 0.141. The lowest BCUT2D eigenvalue weighted by Gasteiger charge is -2.10. The van der Waals surface area contributed by atoms with Crippen LogP contribution in [0.2, 0.25) is 0 Å². The summed E-state index contributed by atoms with van der Waals surface area (Å²) in [6, 6.07) is 6.07. The third-order valence-electron chi connectivity index (χ3n) is 2.07. The van der Waals surface area contributed by atoms with Gasteiger partial charge in [0.2, 0.25) is 0 Å². The van der Waals surface area contributed by atoms with E-state index in [0.29, 0.717) is 0 Å². The first-order chi connectivity index (χ1) is 7.30. The average Bonchev–Trinajstić information content (AvgIpc) is 2.72. The Morgan fingerprint density at radius 1 is 1.60 bits per heavy atom. The highest BCUT2D eigenvalue weighted by atomic mass is 32.1. The number of terminal acetylenes is 1. The zero-order valence-corrected chi connectivity index (χ0v) is 9.60. The van der Waals surface area contributed by atoms with Gasteiger partial charge in [-0.3, -0.25) is 5.32 Å². The summed E-state index contributed by atoms with van der Waals surface area (Å²) in [5.74, 6) is 2.72. The molecule has 1 atom stereocenters. The molecule has 15 heavy (non-hydrogen) atoms. The van der Waals surface area contributed by atoms with Gasteiger partial charge in [-0.15, -0.1) is 17.8 Å². The third kappa shape index (κ3) is 3.75. The Morgan fingerprint density at radius 2 is 2.40 bits per heavy atom. The van der Waals surface area contributed by atoms with E-state index in [1.165, 1.54) is 11.3 Å².